The molecule has 0 saturated carbocycles. The summed E-state index contributed by atoms with van der Waals surface area (Å²) >= 11 is -1.91. The van der Waals surface area contributed by atoms with E-state index in [-0.39, 0.29) is 0 Å². The molecule has 0 aromatic heterocycles. The van der Waals surface area contributed by atoms with Gasteiger partial charge >= 0.3 is 126 Å². The number of rotatable bonds is 10. The molecule has 0 heterocycles. The van der Waals surface area contributed by atoms with E-state index in [0.29, 0.717) is 0 Å². The molecule has 1 rings (SSSR count). The second-order valence-electron chi connectivity index (χ2n) is 6.64. The average Bonchev–Trinajstić information content (AvgIpc) is 2.48. The maximum absolute atomic E-state index is 2.68. The summed E-state index contributed by atoms with van der Waals surface area (Å²) in [4.78, 5) is 0. The first-order chi connectivity index (χ1) is 9.29. The van der Waals surface area contributed by atoms with Gasteiger partial charge in [-0.1, -0.05) is 0 Å². The Labute approximate surface area is 126 Å². The zero-order valence-electron chi connectivity index (χ0n) is 13.7. The van der Waals surface area contributed by atoms with Crippen molar-refractivity contribution in [3.8, 4) is 0 Å². The molecule has 0 aromatic rings. The van der Waals surface area contributed by atoms with Crippen molar-refractivity contribution in [2.75, 3.05) is 0 Å². The van der Waals surface area contributed by atoms with E-state index >= 15 is 0 Å². The second kappa shape index (κ2) is 10.3. The number of hydrogen-bond donors (Lipinski definition) is 0. The molecule has 1 atom stereocenters. The molecule has 0 spiro atoms. The van der Waals surface area contributed by atoms with Crippen LogP contribution in [0.1, 0.15) is 78.6 Å². The van der Waals surface area contributed by atoms with Crippen molar-refractivity contribution >= 4 is 18.4 Å². The van der Waals surface area contributed by atoms with Gasteiger partial charge in [-0.2, -0.15) is 0 Å². The van der Waals surface area contributed by atoms with E-state index in [1.54, 1.807) is 19.7 Å². The molecule has 0 aliphatic heterocycles. The minimum absolute atomic E-state index is 1.09. The van der Waals surface area contributed by atoms with Crippen LogP contribution in [-0.4, -0.2) is 18.4 Å². The van der Waals surface area contributed by atoms with Gasteiger partial charge in [0.25, 0.3) is 0 Å². The summed E-state index contributed by atoms with van der Waals surface area (Å²) in [5.41, 5.74) is 0. The monoisotopic (exact) mass is 372 g/mol. The molecule has 0 aromatic carbocycles. The second-order valence-corrected chi connectivity index (χ2v) is 20.8. The van der Waals surface area contributed by atoms with E-state index in [2.05, 4.69) is 32.9 Å². The molecule has 0 saturated heterocycles. The fraction of sp³-hybridized carbons (Fsp3) is 0.889. The Morgan fingerprint density at radius 3 is 1.79 bits per heavy atom. The van der Waals surface area contributed by atoms with Gasteiger partial charge in [0.1, 0.15) is 0 Å². The molecule has 0 N–H and O–H groups in total. The molecule has 0 nitrogen and oxygen atoms in total. The Bertz CT molecular complexity index is 222. The van der Waals surface area contributed by atoms with Gasteiger partial charge in [-0.3, -0.25) is 0 Å². The molecule has 1 unspecified atom stereocenters. The molecule has 112 valence electrons. The van der Waals surface area contributed by atoms with Crippen molar-refractivity contribution in [3.05, 3.63) is 12.2 Å². The first-order valence-electron chi connectivity index (χ1n) is 8.95. The Kier molecular flexibility index (Phi) is 9.53. The van der Waals surface area contributed by atoms with Crippen molar-refractivity contribution in [2.45, 2.75) is 95.8 Å². The topological polar surface area (TPSA) is 0 Å². The predicted molar refractivity (Wildman–Crippen MR) is 91.6 cm³/mol. The molecule has 1 heteroatoms. The van der Waals surface area contributed by atoms with Gasteiger partial charge in [0.2, 0.25) is 0 Å². The molecule has 0 amide bonds. The zero-order valence-corrected chi connectivity index (χ0v) is 16.6. The van der Waals surface area contributed by atoms with E-state index in [1.807, 2.05) is 0 Å². The Balaban J connectivity index is 2.79. The standard InChI is InChI=1S/C6H9.3C4H9.Sn/c1-2-4-6-5-3-1;3*1-3-4-2;/h1-3H,4-6H2;3*1,3-4H2,2H3;. The molecule has 1 aliphatic carbocycles. The quantitative estimate of drug-likeness (QED) is 0.288. The molecular weight excluding hydrogens is 335 g/mol. The summed E-state index contributed by atoms with van der Waals surface area (Å²) in [6.07, 6.45) is 18.4. The van der Waals surface area contributed by atoms with E-state index in [1.165, 1.54) is 51.4 Å². The van der Waals surface area contributed by atoms with Crippen molar-refractivity contribution in [1.82, 2.24) is 0 Å². The van der Waals surface area contributed by atoms with Crippen LogP contribution in [-0.2, 0) is 0 Å². The fourth-order valence-corrected chi connectivity index (χ4v) is 22.1. The minimum atomic E-state index is -1.91. The van der Waals surface area contributed by atoms with Crippen LogP contribution in [0.3, 0.4) is 0 Å². The van der Waals surface area contributed by atoms with Gasteiger partial charge in [0, 0.05) is 0 Å². The van der Waals surface area contributed by atoms with Gasteiger partial charge in [0.15, 0.2) is 0 Å². The molecular formula is C18H36Sn. The van der Waals surface area contributed by atoms with E-state index in [9.17, 15) is 0 Å². The average molecular weight is 371 g/mol. The summed E-state index contributed by atoms with van der Waals surface area (Å²) in [5, 5.41) is 0. The van der Waals surface area contributed by atoms with Crippen molar-refractivity contribution in [2.24, 2.45) is 0 Å². The number of allylic oxidation sites excluding steroid dienone is 2. The van der Waals surface area contributed by atoms with Crippen molar-refractivity contribution < 1.29 is 0 Å². The summed E-state index contributed by atoms with van der Waals surface area (Å²) in [6, 6.07) is 0. The van der Waals surface area contributed by atoms with Crippen LogP contribution < -0.4 is 0 Å². The van der Waals surface area contributed by atoms with Gasteiger partial charge in [-0.05, 0) is 0 Å². The number of hydrogen-bond acceptors (Lipinski definition) is 0. The van der Waals surface area contributed by atoms with Crippen LogP contribution in [0.2, 0.25) is 17.2 Å². The normalized spacial score (nSPS) is 19.8. The summed E-state index contributed by atoms with van der Waals surface area (Å²) < 4.78 is 6.13. The first kappa shape index (κ1) is 17.6. The summed E-state index contributed by atoms with van der Waals surface area (Å²) in [6.45, 7) is 7.15. The fourth-order valence-electron chi connectivity index (χ4n) is 3.84. The Hall–Kier alpha value is 0.539. The summed E-state index contributed by atoms with van der Waals surface area (Å²) in [7, 11) is 0. The zero-order chi connectivity index (χ0) is 14.0. The third-order valence-electron chi connectivity index (χ3n) is 5.13. The Morgan fingerprint density at radius 2 is 1.42 bits per heavy atom. The number of unbranched alkanes of at least 4 members (excludes halogenated alkanes) is 3. The van der Waals surface area contributed by atoms with Crippen LogP contribution in [0, 0.1) is 0 Å². The van der Waals surface area contributed by atoms with Crippen LogP contribution in [0.15, 0.2) is 12.2 Å². The molecule has 19 heavy (non-hydrogen) atoms. The van der Waals surface area contributed by atoms with Crippen molar-refractivity contribution in [3.63, 3.8) is 0 Å². The van der Waals surface area contributed by atoms with Crippen LogP contribution in [0.25, 0.3) is 0 Å². The van der Waals surface area contributed by atoms with Crippen molar-refractivity contribution in [1.29, 1.82) is 0 Å². The maximum atomic E-state index is 2.68. The van der Waals surface area contributed by atoms with E-state index in [0.717, 1.165) is 3.93 Å². The van der Waals surface area contributed by atoms with Crippen LogP contribution in [0.4, 0.5) is 0 Å². The SMILES string of the molecule is CCC[CH2][Sn]([CH2]CCC)([CH2]CCC)[CH]1C=CCCC1. The summed E-state index contributed by atoms with van der Waals surface area (Å²) in [5.74, 6) is 0. The predicted octanol–water partition coefficient (Wildman–Crippen LogP) is 6.95. The van der Waals surface area contributed by atoms with Gasteiger partial charge in [0.05, 0.1) is 0 Å². The van der Waals surface area contributed by atoms with Crippen LogP contribution >= 0.6 is 0 Å². The third kappa shape index (κ3) is 5.81. The molecule has 0 radical (unpaired) electrons. The van der Waals surface area contributed by atoms with E-state index < -0.39 is 18.4 Å². The molecule has 0 bridgehead atoms. The molecule has 0 fully saturated rings. The van der Waals surface area contributed by atoms with Gasteiger partial charge in [-0.25, -0.2) is 0 Å². The van der Waals surface area contributed by atoms with E-state index in [4.69, 9.17) is 0 Å². The van der Waals surface area contributed by atoms with Crippen LogP contribution in [0.5, 0.6) is 0 Å². The molecule has 1 aliphatic rings. The first-order valence-corrected chi connectivity index (χ1v) is 16.7. The van der Waals surface area contributed by atoms with Gasteiger partial charge < -0.3 is 0 Å². The van der Waals surface area contributed by atoms with Gasteiger partial charge in [-0.15, -0.1) is 0 Å². The third-order valence-corrected chi connectivity index (χ3v) is 22.5. The Morgan fingerprint density at radius 1 is 0.895 bits per heavy atom.